The number of halogens is 1. The van der Waals surface area contributed by atoms with Crippen molar-refractivity contribution in [3.63, 3.8) is 0 Å². The van der Waals surface area contributed by atoms with Crippen LogP contribution in [0.15, 0.2) is 40.5 Å². The summed E-state index contributed by atoms with van der Waals surface area (Å²) < 4.78 is 2.06. The highest BCUT2D eigenvalue weighted by Crippen LogP contribution is 2.17. The summed E-state index contributed by atoms with van der Waals surface area (Å²) in [6.07, 6.45) is 2.66. The number of hydrogen-bond acceptors (Lipinski definition) is 4. The van der Waals surface area contributed by atoms with Gasteiger partial charge in [0, 0.05) is 43.8 Å². The Hall–Kier alpha value is -1.29. The van der Waals surface area contributed by atoms with Gasteiger partial charge in [0.2, 0.25) is 0 Å². The molecule has 0 amide bonds. The second-order valence-corrected chi connectivity index (χ2v) is 6.55. The summed E-state index contributed by atoms with van der Waals surface area (Å²) in [6.45, 7) is 6.67. The second-order valence-electron chi connectivity index (χ2n) is 5.38. The third-order valence-electron chi connectivity index (χ3n) is 3.56. The summed E-state index contributed by atoms with van der Waals surface area (Å²) in [7, 11) is 1.79. The van der Waals surface area contributed by atoms with Gasteiger partial charge in [-0.1, -0.05) is 24.6 Å². The molecule has 1 heterocycles. The molecule has 0 radical (unpaired) electrons. The van der Waals surface area contributed by atoms with Gasteiger partial charge in [-0.3, -0.25) is 4.99 Å². The van der Waals surface area contributed by atoms with Gasteiger partial charge in [-0.15, -0.1) is 45.9 Å². The number of hydrogen-bond donors (Lipinski definition) is 2. The van der Waals surface area contributed by atoms with Crippen molar-refractivity contribution in [1.82, 2.24) is 25.4 Å². The molecule has 1 aromatic heterocycles. The van der Waals surface area contributed by atoms with Crippen LogP contribution in [-0.4, -0.2) is 46.6 Å². The minimum absolute atomic E-state index is 0. The Morgan fingerprint density at radius 3 is 2.60 bits per heavy atom. The van der Waals surface area contributed by atoms with Crippen molar-refractivity contribution in [2.45, 2.75) is 31.7 Å². The van der Waals surface area contributed by atoms with Crippen molar-refractivity contribution < 1.29 is 0 Å². The molecular weight excluding hydrogens is 447 g/mol. The Kier molecular flexibility index (Phi) is 10.6. The van der Waals surface area contributed by atoms with E-state index in [0.29, 0.717) is 0 Å². The molecule has 2 rings (SSSR count). The monoisotopic (exact) mass is 474 g/mol. The number of nitrogens with zero attached hydrogens (tertiary/aromatic N) is 4. The lowest BCUT2D eigenvalue weighted by atomic mass is 10.2. The first-order chi connectivity index (χ1) is 11.7. The van der Waals surface area contributed by atoms with Gasteiger partial charge in [0.15, 0.2) is 5.96 Å². The minimum Gasteiger partial charge on any atom is -0.356 e. The predicted molar refractivity (Wildman–Crippen MR) is 116 cm³/mol. The lowest BCUT2D eigenvalue weighted by Gasteiger charge is -2.12. The molecule has 8 heteroatoms. The molecule has 2 N–H and O–H groups in total. The highest BCUT2D eigenvalue weighted by molar-refractivity contribution is 14.0. The van der Waals surface area contributed by atoms with Crippen LogP contribution in [0.5, 0.6) is 0 Å². The van der Waals surface area contributed by atoms with Crippen LogP contribution >= 0.6 is 35.7 Å². The first kappa shape index (κ1) is 21.8. The van der Waals surface area contributed by atoms with E-state index in [1.54, 1.807) is 13.4 Å². The zero-order chi connectivity index (χ0) is 17.2. The Labute approximate surface area is 171 Å². The lowest BCUT2D eigenvalue weighted by molar-refractivity contribution is 0.634. The van der Waals surface area contributed by atoms with Crippen molar-refractivity contribution >= 4 is 41.7 Å². The van der Waals surface area contributed by atoms with Crippen molar-refractivity contribution in [2.75, 3.05) is 25.9 Å². The molecule has 2 aromatic rings. The summed E-state index contributed by atoms with van der Waals surface area (Å²) in [5, 5.41) is 14.7. The average Bonchev–Trinajstić information content (AvgIpc) is 3.06. The zero-order valence-electron chi connectivity index (χ0n) is 15.0. The normalized spacial score (nSPS) is 11.1. The Morgan fingerprint density at radius 2 is 1.92 bits per heavy atom. The lowest BCUT2D eigenvalue weighted by Crippen LogP contribution is -2.39. The van der Waals surface area contributed by atoms with Gasteiger partial charge < -0.3 is 15.2 Å². The molecule has 0 spiro atoms. The number of rotatable bonds is 8. The Balaban J connectivity index is 0.00000312. The second kappa shape index (κ2) is 12.1. The number of aryl methyl sites for hydroxylation is 2. The topological polar surface area (TPSA) is 67.1 Å². The molecular formula is C17H27IN6S. The van der Waals surface area contributed by atoms with Crippen LogP contribution in [0, 0.1) is 6.92 Å². The summed E-state index contributed by atoms with van der Waals surface area (Å²) in [4.78, 5) is 5.55. The number of nitrogens with one attached hydrogen (secondary N) is 2. The molecule has 0 bridgehead atoms. The molecule has 0 unspecified atom stereocenters. The van der Waals surface area contributed by atoms with Crippen LogP contribution in [0.1, 0.15) is 18.3 Å². The van der Waals surface area contributed by atoms with E-state index in [4.69, 9.17) is 0 Å². The van der Waals surface area contributed by atoms with Gasteiger partial charge in [-0.25, -0.2) is 0 Å². The minimum atomic E-state index is 0. The zero-order valence-corrected chi connectivity index (χ0v) is 18.2. The fourth-order valence-electron chi connectivity index (χ4n) is 2.23. The van der Waals surface area contributed by atoms with Crippen LogP contribution in [0.25, 0.3) is 0 Å². The average molecular weight is 474 g/mol. The number of aromatic nitrogens is 3. The molecule has 0 fully saturated rings. The maximum Gasteiger partial charge on any atom is 0.191 e. The SMILES string of the molecule is CCc1nncn1CCNC(=NC)NCCSc1ccc(C)cc1.I. The molecule has 0 saturated heterocycles. The van der Waals surface area contributed by atoms with E-state index < -0.39 is 0 Å². The molecule has 0 aliphatic rings. The maximum absolute atomic E-state index is 4.25. The highest BCUT2D eigenvalue weighted by atomic mass is 127. The van der Waals surface area contributed by atoms with Crippen LogP contribution in [0.4, 0.5) is 0 Å². The molecule has 6 nitrogen and oxygen atoms in total. The van der Waals surface area contributed by atoms with Crippen LogP contribution in [0.3, 0.4) is 0 Å². The standard InChI is InChI=1S/C17H26N6S.HI/c1-4-16-22-21-13-23(16)11-9-19-17(18-3)20-10-12-24-15-7-5-14(2)6-8-15;/h5-8,13H,4,9-12H2,1-3H3,(H2,18,19,20);1H. The smallest absolute Gasteiger partial charge is 0.191 e. The number of thioether (sulfide) groups is 1. The first-order valence-corrected chi connectivity index (χ1v) is 9.22. The number of aliphatic imine (C=N–C) groups is 1. The Bertz CT molecular complexity index is 641. The van der Waals surface area contributed by atoms with Gasteiger partial charge in [-0.2, -0.15) is 0 Å². The fourth-order valence-corrected chi connectivity index (χ4v) is 3.00. The first-order valence-electron chi connectivity index (χ1n) is 8.23. The molecule has 0 atom stereocenters. The number of benzene rings is 1. The Morgan fingerprint density at radius 1 is 1.20 bits per heavy atom. The maximum atomic E-state index is 4.25. The van der Waals surface area contributed by atoms with E-state index in [0.717, 1.165) is 43.6 Å². The van der Waals surface area contributed by atoms with Gasteiger partial charge in [0.25, 0.3) is 0 Å². The highest BCUT2D eigenvalue weighted by Gasteiger charge is 2.02. The third-order valence-corrected chi connectivity index (χ3v) is 4.58. The molecule has 25 heavy (non-hydrogen) atoms. The summed E-state index contributed by atoms with van der Waals surface area (Å²) in [5.41, 5.74) is 1.29. The molecule has 0 aliphatic carbocycles. The summed E-state index contributed by atoms with van der Waals surface area (Å²) in [6, 6.07) is 8.62. The van der Waals surface area contributed by atoms with Crippen LogP contribution in [0.2, 0.25) is 0 Å². The van der Waals surface area contributed by atoms with Crippen molar-refractivity contribution in [2.24, 2.45) is 4.99 Å². The van der Waals surface area contributed by atoms with Crippen LogP contribution in [-0.2, 0) is 13.0 Å². The largest absolute Gasteiger partial charge is 0.356 e. The molecule has 0 saturated carbocycles. The van der Waals surface area contributed by atoms with E-state index in [1.807, 2.05) is 11.8 Å². The quantitative estimate of drug-likeness (QED) is 0.203. The summed E-state index contributed by atoms with van der Waals surface area (Å²) >= 11 is 1.84. The third kappa shape index (κ3) is 7.64. The van der Waals surface area contributed by atoms with E-state index in [1.165, 1.54) is 10.5 Å². The van der Waals surface area contributed by atoms with Crippen molar-refractivity contribution in [3.8, 4) is 0 Å². The van der Waals surface area contributed by atoms with Crippen molar-refractivity contribution in [1.29, 1.82) is 0 Å². The van der Waals surface area contributed by atoms with E-state index in [9.17, 15) is 0 Å². The van der Waals surface area contributed by atoms with E-state index in [2.05, 4.69) is 68.5 Å². The van der Waals surface area contributed by atoms with E-state index in [-0.39, 0.29) is 24.0 Å². The van der Waals surface area contributed by atoms with Gasteiger partial charge in [0.1, 0.15) is 12.2 Å². The molecule has 138 valence electrons. The number of guanidine groups is 1. The van der Waals surface area contributed by atoms with Gasteiger partial charge >= 0.3 is 0 Å². The van der Waals surface area contributed by atoms with Gasteiger partial charge in [-0.05, 0) is 19.1 Å². The van der Waals surface area contributed by atoms with E-state index >= 15 is 0 Å². The molecule has 1 aromatic carbocycles. The van der Waals surface area contributed by atoms with Gasteiger partial charge in [0.05, 0.1) is 0 Å². The fraction of sp³-hybridized carbons (Fsp3) is 0.471. The van der Waals surface area contributed by atoms with Crippen LogP contribution < -0.4 is 10.6 Å². The summed E-state index contributed by atoms with van der Waals surface area (Å²) in [5.74, 6) is 2.83. The predicted octanol–water partition coefficient (Wildman–Crippen LogP) is 2.72. The molecule has 0 aliphatic heterocycles. The van der Waals surface area contributed by atoms with Crippen molar-refractivity contribution in [3.05, 3.63) is 42.0 Å².